The maximum atomic E-state index is 12.5. The molecule has 1 atom stereocenters. The second-order valence-corrected chi connectivity index (χ2v) is 6.47. The van der Waals surface area contributed by atoms with Crippen LogP contribution in [0.15, 0.2) is 49.1 Å². The largest absolute Gasteiger partial charge is 0.456 e. The maximum Gasteiger partial charge on any atom is 0.329 e. The van der Waals surface area contributed by atoms with E-state index in [-0.39, 0.29) is 12.2 Å². The number of allylic oxidation sites excluding steroid dienone is 1. The first-order valence-electron chi connectivity index (χ1n) is 8.90. The summed E-state index contributed by atoms with van der Waals surface area (Å²) in [5.74, 6) is -1.02. The molecule has 7 nitrogen and oxygen atoms in total. The molecule has 0 bridgehead atoms. The van der Waals surface area contributed by atoms with E-state index < -0.39 is 24.6 Å². The van der Waals surface area contributed by atoms with Gasteiger partial charge in [0.1, 0.15) is 6.04 Å². The Balaban J connectivity index is 2.05. The Hall–Kier alpha value is -3.35. The number of hydrogen-bond acceptors (Lipinski definition) is 4. The van der Waals surface area contributed by atoms with E-state index >= 15 is 0 Å². The van der Waals surface area contributed by atoms with E-state index in [2.05, 4.69) is 11.9 Å². The molecule has 28 heavy (non-hydrogen) atoms. The Bertz CT molecular complexity index is 871. The van der Waals surface area contributed by atoms with Gasteiger partial charge in [-0.1, -0.05) is 36.4 Å². The number of carbonyl (C=O) groups excluding carboxylic acids is 3. The number of nitrogens with zero attached hydrogens (tertiary/aromatic N) is 1. The van der Waals surface area contributed by atoms with Gasteiger partial charge in [0.2, 0.25) is 5.78 Å². The lowest BCUT2D eigenvalue weighted by molar-refractivity contribution is -0.144. The van der Waals surface area contributed by atoms with Crippen molar-refractivity contribution in [2.24, 2.45) is 5.73 Å². The van der Waals surface area contributed by atoms with Crippen molar-refractivity contribution in [3.8, 4) is 0 Å². The number of carbonyl (C=O) groups is 3. The number of aryl methyl sites for hydroxylation is 1. The highest BCUT2D eigenvalue weighted by atomic mass is 16.5. The van der Waals surface area contributed by atoms with Gasteiger partial charge in [0.05, 0.1) is 0 Å². The number of aromatic nitrogens is 1. The van der Waals surface area contributed by atoms with Crippen molar-refractivity contribution >= 4 is 17.8 Å². The van der Waals surface area contributed by atoms with E-state index in [4.69, 9.17) is 10.5 Å². The summed E-state index contributed by atoms with van der Waals surface area (Å²) in [4.78, 5) is 36.2. The molecule has 7 heteroatoms. The van der Waals surface area contributed by atoms with Gasteiger partial charge in [0.25, 0.3) is 0 Å². The summed E-state index contributed by atoms with van der Waals surface area (Å²) >= 11 is 0. The van der Waals surface area contributed by atoms with E-state index in [0.29, 0.717) is 12.1 Å². The zero-order chi connectivity index (χ0) is 20.7. The quantitative estimate of drug-likeness (QED) is 0.394. The van der Waals surface area contributed by atoms with Crippen molar-refractivity contribution in [3.05, 3.63) is 71.6 Å². The maximum absolute atomic E-state index is 12.5. The monoisotopic (exact) mass is 383 g/mol. The fraction of sp³-hybridized carbons (Fsp3) is 0.286. The summed E-state index contributed by atoms with van der Waals surface area (Å²) in [6, 6.07) is 9.09. The highest BCUT2D eigenvalue weighted by molar-refractivity contribution is 5.99. The van der Waals surface area contributed by atoms with Crippen molar-refractivity contribution in [2.45, 2.75) is 32.9 Å². The topological polar surface area (TPSA) is 103 Å². The summed E-state index contributed by atoms with van der Waals surface area (Å²) in [6.45, 7) is 7.61. The van der Waals surface area contributed by atoms with Crippen molar-refractivity contribution in [1.82, 2.24) is 9.88 Å². The molecular formula is C21H25N3O4. The molecule has 0 fully saturated rings. The summed E-state index contributed by atoms with van der Waals surface area (Å²) in [5.41, 5.74) is 8.20. The number of ketones is 1. The molecule has 0 spiro atoms. The lowest BCUT2D eigenvalue weighted by atomic mass is 10.1. The average molecular weight is 383 g/mol. The molecule has 0 unspecified atom stereocenters. The van der Waals surface area contributed by atoms with Gasteiger partial charge in [0, 0.05) is 29.9 Å². The second-order valence-electron chi connectivity index (χ2n) is 6.47. The lowest BCUT2D eigenvalue weighted by Gasteiger charge is -2.16. The third-order valence-electron chi connectivity index (χ3n) is 4.41. The Labute approximate surface area is 164 Å². The van der Waals surface area contributed by atoms with Gasteiger partial charge in [0.15, 0.2) is 6.61 Å². The first kappa shape index (κ1) is 21.0. The molecule has 2 rings (SSSR count). The number of amides is 2. The van der Waals surface area contributed by atoms with Gasteiger partial charge in [-0.3, -0.25) is 4.79 Å². The fourth-order valence-corrected chi connectivity index (χ4v) is 3.02. The number of Topliss-reactive ketones (excluding diaryl/α,β-unsaturated/α-hetero) is 1. The van der Waals surface area contributed by atoms with Crippen molar-refractivity contribution < 1.29 is 19.1 Å². The van der Waals surface area contributed by atoms with Crippen molar-refractivity contribution in [2.75, 3.05) is 6.61 Å². The molecule has 0 aliphatic carbocycles. The lowest BCUT2D eigenvalue weighted by Crippen LogP contribution is -2.46. The fourth-order valence-electron chi connectivity index (χ4n) is 3.02. The molecule has 0 radical (unpaired) electrons. The number of esters is 1. The van der Waals surface area contributed by atoms with Crippen LogP contribution >= 0.6 is 0 Å². The van der Waals surface area contributed by atoms with E-state index in [1.165, 1.54) is 0 Å². The molecule has 3 N–H and O–H groups in total. The van der Waals surface area contributed by atoms with Crippen LogP contribution in [-0.4, -0.2) is 35.0 Å². The smallest absolute Gasteiger partial charge is 0.329 e. The van der Waals surface area contributed by atoms with E-state index in [1.807, 2.05) is 48.7 Å². The van der Waals surface area contributed by atoms with Crippen molar-refractivity contribution in [3.63, 3.8) is 0 Å². The first-order valence-corrected chi connectivity index (χ1v) is 8.90. The van der Waals surface area contributed by atoms with Crippen LogP contribution in [-0.2, 0) is 22.5 Å². The van der Waals surface area contributed by atoms with Gasteiger partial charge in [-0.15, -0.1) is 6.58 Å². The van der Waals surface area contributed by atoms with Crippen LogP contribution in [0.4, 0.5) is 4.79 Å². The van der Waals surface area contributed by atoms with Gasteiger partial charge >= 0.3 is 12.0 Å². The molecule has 0 saturated heterocycles. The van der Waals surface area contributed by atoms with Crippen LogP contribution in [0.5, 0.6) is 0 Å². The number of benzene rings is 1. The van der Waals surface area contributed by atoms with E-state index in [1.54, 1.807) is 12.1 Å². The zero-order valence-electron chi connectivity index (χ0n) is 16.1. The predicted molar refractivity (Wildman–Crippen MR) is 106 cm³/mol. The molecule has 1 aromatic carbocycles. The molecule has 2 aromatic rings. The predicted octanol–water partition coefficient (Wildman–Crippen LogP) is 2.30. The van der Waals surface area contributed by atoms with Gasteiger partial charge in [-0.05, 0) is 25.5 Å². The highest BCUT2D eigenvalue weighted by Gasteiger charge is 2.24. The molecule has 0 aliphatic rings. The zero-order valence-corrected chi connectivity index (χ0v) is 16.1. The summed E-state index contributed by atoms with van der Waals surface area (Å²) < 4.78 is 7.12. The molecule has 0 aliphatic heterocycles. The Morgan fingerprint density at radius 3 is 2.54 bits per heavy atom. The van der Waals surface area contributed by atoms with Crippen LogP contribution in [0.25, 0.3) is 0 Å². The van der Waals surface area contributed by atoms with Crippen LogP contribution < -0.4 is 11.1 Å². The number of nitrogens with two attached hydrogens (primary N) is 1. The number of rotatable bonds is 9. The molecule has 2 amide bonds. The Kier molecular flexibility index (Phi) is 7.14. The normalized spacial score (nSPS) is 11.5. The SMILES string of the molecule is C=CCn1c(C)cc(C(=O)COC(=O)[C@H](Cc2ccccc2)NC(N)=O)c1C. The standard InChI is InChI=1S/C21H25N3O4/c1-4-10-24-14(2)11-17(15(24)3)19(25)13-28-20(26)18(23-21(22)27)12-16-8-6-5-7-9-16/h4-9,11,18H,1,10,12-13H2,2-3H3,(H3,22,23,27)/t18-/m0/s1. The average Bonchev–Trinajstić information content (AvgIpc) is 2.94. The molecule has 1 heterocycles. The minimum atomic E-state index is -0.971. The molecular weight excluding hydrogens is 358 g/mol. The van der Waals surface area contributed by atoms with E-state index in [9.17, 15) is 14.4 Å². The minimum Gasteiger partial charge on any atom is -0.456 e. The number of urea groups is 1. The summed E-state index contributed by atoms with van der Waals surface area (Å²) in [5, 5.41) is 2.37. The number of ether oxygens (including phenoxy) is 1. The van der Waals surface area contributed by atoms with Crippen LogP contribution in [0, 0.1) is 13.8 Å². The molecule has 148 valence electrons. The second kappa shape index (κ2) is 9.55. The summed E-state index contributed by atoms with van der Waals surface area (Å²) in [6.07, 6.45) is 1.96. The Morgan fingerprint density at radius 2 is 1.93 bits per heavy atom. The Morgan fingerprint density at radius 1 is 1.25 bits per heavy atom. The number of hydrogen-bond donors (Lipinski definition) is 2. The van der Waals surface area contributed by atoms with E-state index in [0.717, 1.165) is 17.0 Å². The van der Waals surface area contributed by atoms with Crippen LogP contribution in [0.2, 0.25) is 0 Å². The number of primary amides is 1. The van der Waals surface area contributed by atoms with Gasteiger partial charge in [-0.2, -0.15) is 0 Å². The first-order chi connectivity index (χ1) is 13.3. The van der Waals surface area contributed by atoms with Crippen LogP contribution in [0.3, 0.4) is 0 Å². The third-order valence-corrected chi connectivity index (χ3v) is 4.41. The summed E-state index contributed by atoms with van der Waals surface area (Å²) in [7, 11) is 0. The van der Waals surface area contributed by atoms with Crippen molar-refractivity contribution in [1.29, 1.82) is 0 Å². The highest BCUT2D eigenvalue weighted by Crippen LogP contribution is 2.16. The number of nitrogens with one attached hydrogen (secondary N) is 1. The van der Waals surface area contributed by atoms with Gasteiger partial charge < -0.3 is 20.4 Å². The molecule has 1 aromatic heterocycles. The van der Waals surface area contributed by atoms with Gasteiger partial charge in [-0.25, -0.2) is 9.59 Å². The molecule has 0 saturated carbocycles. The third kappa shape index (κ3) is 5.33. The minimum absolute atomic E-state index is 0.213. The van der Waals surface area contributed by atoms with Crippen LogP contribution in [0.1, 0.15) is 27.3 Å².